The number of hydrogen-bond donors (Lipinski definition) is 1. The fraction of sp³-hybridized carbons (Fsp3) is 0.208. The molecule has 0 aliphatic heterocycles. The smallest absolute Gasteiger partial charge is 0.331 e. The Morgan fingerprint density at radius 1 is 1.13 bits per heavy atom. The van der Waals surface area contributed by atoms with E-state index in [4.69, 9.17) is 15.6 Å². The van der Waals surface area contributed by atoms with Crippen LogP contribution in [0.25, 0.3) is 17.3 Å². The molecule has 6 nitrogen and oxygen atoms in total. The van der Waals surface area contributed by atoms with E-state index in [1.165, 1.54) is 18.6 Å². The van der Waals surface area contributed by atoms with E-state index >= 15 is 0 Å². The molecule has 0 aliphatic carbocycles. The zero-order valence-corrected chi connectivity index (χ0v) is 17.3. The fourth-order valence-corrected chi connectivity index (χ4v) is 2.95. The Morgan fingerprint density at radius 2 is 1.87 bits per heavy atom. The summed E-state index contributed by atoms with van der Waals surface area (Å²) in [4.78, 5) is 23.1. The molecular weight excluding hydrogens is 378 g/mol. The molecule has 30 heavy (non-hydrogen) atoms. The molecule has 0 spiro atoms. The predicted molar refractivity (Wildman–Crippen MR) is 116 cm³/mol. The van der Waals surface area contributed by atoms with Crippen molar-refractivity contribution in [3.63, 3.8) is 0 Å². The van der Waals surface area contributed by atoms with Gasteiger partial charge in [0.2, 0.25) is 0 Å². The molecule has 1 aromatic heterocycles. The second kappa shape index (κ2) is 9.22. The molecule has 0 saturated carbocycles. The third-order valence-electron chi connectivity index (χ3n) is 4.85. The van der Waals surface area contributed by atoms with E-state index in [-0.39, 0.29) is 0 Å². The van der Waals surface area contributed by atoms with Gasteiger partial charge in [0.05, 0.1) is 12.2 Å². The molecule has 1 amide bonds. The summed E-state index contributed by atoms with van der Waals surface area (Å²) in [7, 11) is 0. The minimum absolute atomic E-state index is 0.607. The van der Waals surface area contributed by atoms with E-state index in [0.29, 0.717) is 6.54 Å². The number of ether oxygens (including phenoxy) is 1. The minimum atomic E-state index is -0.984. The first kappa shape index (κ1) is 21.0. The van der Waals surface area contributed by atoms with Crippen molar-refractivity contribution < 1.29 is 14.3 Å². The molecule has 0 radical (unpaired) electrons. The lowest BCUT2D eigenvalue weighted by molar-refractivity contribution is -0.148. The molecule has 6 heteroatoms. The van der Waals surface area contributed by atoms with Crippen molar-refractivity contribution in [1.29, 1.82) is 0 Å². The summed E-state index contributed by atoms with van der Waals surface area (Å²) in [6.45, 7) is 6.16. The van der Waals surface area contributed by atoms with Gasteiger partial charge in [-0.1, -0.05) is 42.5 Å². The summed E-state index contributed by atoms with van der Waals surface area (Å²) in [6, 6.07) is 16.2. The average molecular weight is 403 g/mol. The third-order valence-corrected chi connectivity index (χ3v) is 4.85. The molecule has 0 fully saturated rings. The van der Waals surface area contributed by atoms with Crippen molar-refractivity contribution in [3.8, 4) is 11.3 Å². The van der Waals surface area contributed by atoms with E-state index < -0.39 is 18.0 Å². The Balaban J connectivity index is 1.92. The van der Waals surface area contributed by atoms with Gasteiger partial charge in [-0.2, -0.15) is 5.10 Å². The molecule has 0 aliphatic rings. The summed E-state index contributed by atoms with van der Waals surface area (Å²) in [5.74, 6) is -1.33. The van der Waals surface area contributed by atoms with E-state index in [1.807, 2.05) is 47.3 Å². The first-order valence-electron chi connectivity index (χ1n) is 9.70. The van der Waals surface area contributed by atoms with Crippen LogP contribution in [0.1, 0.15) is 29.2 Å². The van der Waals surface area contributed by atoms with Gasteiger partial charge < -0.3 is 10.5 Å². The second-order valence-electron chi connectivity index (χ2n) is 7.23. The lowest BCUT2D eigenvalue weighted by atomic mass is 10.0. The van der Waals surface area contributed by atoms with Crippen LogP contribution in [0.5, 0.6) is 0 Å². The number of hydrogen-bond acceptors (Lipinski definition) is 4. The van der Waals surface area contributed by atoms with E-state index in [9.17, 15) is 9.59 Å². The van der Waals surface area contributed by atoms with Crippen molar-refractivity contribution in [2.45, 2.75) is 33.4 Å². The zero-order valence-electron chi connectivity index (χ0n) is 17.3. The van der Waals surface area contributed by atoms with Crippen LogP contribution >= 0.6 is 0 Å². The molecule has 0 bridgehead atoms. The Hall–Kier alpha value is -3.67. The van der Waals surface area contributed by atoms with Gasteiger partial charge in [0.25, 0.3) is 5.91 Å². The van der Waals surface area contributed by atoms with Gasteiger partial charge in [0, 0.05) is 23.4 Å². The Morgan fingerprint density at radius 3 is 2.53 bits per heavy atom. The number of amides is 1. The van der Waals surface area contributed by atoms with E-state index in [1.54, 1.807) is 6.08 Å². The van der Waals surface area contributed by atoms with Crippen LogP contribution in [-0.2, 0) is 20.9 Å². The van der Waals surface area contributed by atoms with Gasteiger partial charge >= 0.3 is 5.97 Å². The van der Waals surface area contributed by atoms with Gasteiger partial charge in [-0.05, 0) is 49.6 Å². The summed E-state index contributed by atoms with van der Waals surface area (Å²) >= 11 is 0. The SMILES string of the molecule is Cc1ccc(-c2nn(Cc3ccccc3)cc2/C=C/C(=O)O[C@@H](C)C(N)=O)cc1C. The normalized spacial score (nSPS) is 12.1. The number of rotatable bonds is 7. The lowest BCUT2D eigenvalue weighted by Crippen LogP contribution is -2.29. The molecule has 0 unspecified atom stereocenters. The monoisotopic (exact) mass is 403 g/mol. The predicted octanol–water partition coefficient (Wildman–Crippen LogP) is 3.65. The van der Waals surface area contributed by atoms with Crippen molar-refractivity contribution in [3.05, 3.63) is 83.1 Å². The first-order valence-corrected chi connectivity index (χ1v) is 9.70. The second-order valence-corrected chi connectivity index (χ2v) is 7.23. The number of carbonyl (C=O) groups excluding carboxylic acids is 2. The van der Waals surface area contributed by atoms with Gasteiger partial charge in [-0.25, -0.2) is 4.79 Å². The lowest BCUT2D eigenvalue weighted by Gasteiger charge is -2.06. The van der Waals surface area contributed by atoms with E-state index in [2.05, 4.69) is 26.0 Å². The van der Waals surface area contributed by atoms with Crippen molar-refractivity contribution in [2.75, 3.05) is 0 Å². The number of nitrogens with two attached hydrogens (primary N) is 1. The summed E-state index contributed by atoms with van der Waals surface area (Å²) < 4.78 is 6.83. The van der Waals surface area contributed by atoms with Crippen LogP contribution in [0.2, 0.25) is 0 Å². The minimum Gasteiger partial charge on any atom is -0.449 e. The Kier molecular flexibility index (Phi) is 6.47. The number of nitrogens with zero attached hydrogens (tertiary/aromatic N) is 2. The molecule has 3 aromatic rings. The molecule has 154 valence electrons. The van der Waals surface area contributed by atoms with Crippen LogP contribution in [0.15, 0.2) is 60.8 Å². The highest BCUT2D eigenvalue weighted by Crippen LogP contribution is 2.26. The summed E-state index contributed by atoms with van der Waals surface area (Å²) in [5, 5.41) is 4.75. The standard InChI is InChI=1S/C24H25N3O3/c1-16-9-10-20(13-17(16)2)23-21(11-12-22(28)30-18(3)24(25)29)15-27(26-23)14-19-7-5-4-6-8-19/h4-13,15,18H,14H2,1-3H3,(H2,25,29)/b12-11+/t18-/m0/s1. The molecule has 1 heterocycles. The molecule has 2 N–H and O–H groups in total. The largest absolute Gasteiger partial charge is 0.449 e. The quantitative estimate of drug-likeness (QED) is 0.482. The maximum atomic E-state index is 12.0. The Labute approximate surface area is 176 Å². The van der Waals surface area contributed by atoms with Gasteiger partial charge in [-0.3, -0.25) is 9.48 Å². The number of carbonyl (C=O) groups is 2. The van der Waals surface area contributed by atoms with Crippen LogP contribution < -0.4 is 5.73 Å². The topological polar surface area (TPSA) is 87.2 Å². The van der Waals surface area contributed by atoms with Gasteiger partial charge in [0.15, 0.2) is 6.10 Å². The molecule has 3 rings (SSSR count). The highest BCUT2D eigenvalue weighted by Gasteiger charge is 2.14. The number of primary amides is 1. The highest BCUT2D eigenvalue weighted by atomic mass is 16.5. The van der Waals surface area contributed by atoms with Crippen molar-refractivity contribution in [2.24, 2.45) is 5.73 Å². The Bertz CT molecular complexity index is 1080. The van der Waals surface area contributed by atoms with Gasteiger partial charge in [0.1, 0.15) is 0 Å². The molecule has 0 saturated heterocycles. The maximum Gasteiger partial charge on any atom is 0.331 e. The zero-order chi connectivity index (χ0) is 21.7. The number of aromatic nitrogens is 2. The van der Waals surface area contributed by atoms with Crippen molar-refractivity contribution >= 4 is 18.0 Å². The first-order chi connectivity index (χ1) is 14.3. The number of benzene rings is 2. The molecule has 2 aromatic carbocycles. The van der Waals surface area contributed by atoms with Crippen molar-refractivity contribution in [1.82, 2.24) is 9.78 Å². The molecule has 1 atom stereocenters. The number of aryl methyl sites for hydroxylation is 2. The van der Waals surface area contributed by atoms with Crippen LogP contribution in [0, 0.1) is 13.8 Å². The van der Waals surface area contributed by atoms with Crippen LogP contribution in [0.3, 0.4) is 0 Å². The summed E-state index contributed by atoms with van der Waals surface area (Å²) in [6.07, 6.45) is 3.84. The summed E-state index contributed by atoms with van der Waals surface area (Å²) in [5.41, 5.74) is 11.1. The van der Waals surface area contributed by atoms with Gasteiger partial charge in [-0.15, -0.1) is 0 Å². The number of esters is 1. The third kappa shape index (κ3) is 5.23. The maximum absolute atomic E-state index is 12.0. The molecular formula is C24H25N3O3. The fourth-order valence-electron chi connectivity index (χ4n) is 2.95. The average Bonchev–Trinajstić information content (AvgIpc) is 3.11. The highest BCUT2D eigenvalue weighted by molar-refractivity contribution is 5.91. The van der Waals surface area contributed by atoms with Crippen LogP contribution in [0.4, 0.5) is 0 Å². The van der Waals surface area contributed by atoms with E-state index in [0.717, 1.165) is 27.9 Å². The van der Waals surface area contributed by atoms with Crippen LogP contribution in [-0.4, -0.2) is 27.8 Å².